The number of nitrogens with two attached hydrogens (primary N) is 2. The molecule has 0 spiro atoms. The number of carbonyl (C=O) groups excluding carboxylic acids is 8. The maximum absolute atomic E-state index is 12.6. The van der Waals surface area contributed by atoms with E-state index in [4.69, 9.17) is 37.0 Å². The van der Waals surface area contributed by atoms with Crippen LogP contribution in [-0.4, -0.2) is 177 Å². The third kappa shape index (κ3) is 26.1. The molecule has 5 saturated carbocycles. The van der Waals surface area contributed by atoms with E-state index < -0.39 is 34.8 Å². The van der Waals surface area contributed by atoms with Gasteiger partial charge in [0.05, 0.1) is 35.8 Å². The number of carboxylic acids is 1. The van der Waals surface area contributed by atoms with Crippen molar-refractivity contribution < 1.29 is 68.6 Å². The molecule has 3 saturated heterocycles. The fourth-order valence-corrected chi connectivity index (χ4v) is 14.4. The minimum atomic E-state index is -0.670. The number of H-pyrrole nitrogens is 2. The van der Waals surface area contributed by atoms with Gasteiger partial charge in [-0.15, -0.1) is 0 Å². The molecule has 1 unspecified atom stereocenters. The van der Waals surface area contributed by atoms with Gasteiger partial charge in [0.2, 0.25) is 5.91 Å². The number of benzene rings is 1. The van der Waals surface area contributed by atoms with Crippen molar-refractivity contribution in [2.45, 2.75) is 279 Å². The first-order valence-corrected chi connectivity index (χ1v) is 40.7. The third-order valence-electron chi connectivity index (χ3n) is 22.0. The van der Waals surface area contributed by atoms with E-state index in [1.165, 1.54) is 85.2 Å². The summed E-state index contributed by atoms with van der Waals surface area (Å²) >= 11 is 7.94. The van der Waals surface area contributed by atoms with Gasteiger partial charge in [-0.2, -0.15) is 10.2 Å². The summed E-state index contributed by atoms with van der Waals surface area (Å²) < 4.78 is 28.8. The molecule has 10 aliphatic rings. The quantitative estimate of drug-likeness (QED) is 0.0250. The predicted molar refractivity (Wildman–Crippen MR) is 429 cm³/mol. The van der Waals surface area contributed by atoms with Crippen LogP contribution in [0, 0.1) is 22.2 Å². The second-order valence-corrected chi connectivity index (χ2v) is 34.9. The fraction of sp³-hybridized carbons (Fsp3) is 0.691. The number of carboxylic acid groups (broad SMARTS) is 1. The summed E-state index contributed by atoms with van der Waals surface area (Å²) in [5, 5.41) is 27.5. The molecule has 8 fully saturated rings. The number of carbonyl (C=O) groups is 9. The van der Waals surface area contributed by atoms with Crippen molar-refractivity contribution in [1.82, 2.24) is 44.6 Å². The van der Waals surface area contributed by atoms with Gasteiger partial charge in [-0.05, 0) is 182 Å². The van der Waals surface area contributed by atoms with Crippen molar-refractivity contribution in [2.24, 2.45) is 33.8 Å². The van der Waals surface area contributed by atoms with Crippen molar-refractivity contribution in [3.8, 4) is 0 Å². The number of halogens is 2. The first-order chi connectivity index (χ1) is 51.6. The molecule has 5 aliphatic carbocycles. The number of hydrogen-bond donors (Lipinski definition) is 6. The van der Waals surface area contributed by atoms with E-state index in [0.29, 0.717) is 68.6 Å². The maximum Gasteiger partial charge on any atom is 0.410 e. The highest BCUT2D eigenvalue weighted by atomic mass is 127. The zero-order valence-electron chi connectivity index (χ0n) is 68.3. The summed E-state index contributed by atoms with van der Waals surface area (Å²) in [6.07, 6.45) is 24.2. The van der Waals surface area contributed by atoms with Gasteiger partial charge in [0, 0.05) is 153 Å². The Labute approximate surface area is 665 Å². The number of urea groups is 1. The number of ether oxygens (including phenoxy) is 4. The molecule has 5 aliphatic heterocycles. The molecule has 0 bridgehead atoms. The van der Waals surface area contributed by atoms with E-state index in [0.717, 1.165) is 94.5 Å². The summed E-state index contributed by atoms with van der Waals surface area (Å²) in [6, 6.07) is 10.9. The maximum atomic E-state index is 12.6. The van der Waals surface area contributed by atoms with Crippen molar-refractivity contribution in [2.75, 3.05) is 62.7 Å². The lowest BCUT2D eigenvalue weighted by atomic mass is 9.64. The van der Waals surface area contributed by atoms with Crippen LogP contribution in [0.15, 0.2) is 48.8 Å². The number of anilines is 1. The zero-order valence-corrected chi connectivity index (χ0v) is 70.2. The number of alkyl halides is 1. The van der Waals surface area contributed by atoms with Crippen LogP contribution < -0.4 is 17.0 Å². The number of hydrazine groups is 1. The van der Waals surface area contributed by atoms with Crippen LogP contribution in [-0.2, 0) is 74.9 Å². The molecule has 4 aromatic rings. The van der Waals surface area contributed by atoms with Crippen LogP contribution in [0.5, 0.6) is 0 Å². The number of likely N-dealkylation sites (tertiary alicyclic amines) is 2. The average Bonchev–Trinajstić information content (AvgIpc) is 1.57. The number of aromatic nitrogens is 5. The summed E-state index contributed by atoms with van der Waals surface area (Å²) in [5.74, 6) is 7.14. The minimum absolute atomic E-state index is 0.00649. The van der Waals surface area contributed by atoms with Crippen LogP contribution in [0.25, 0.3) is 0 Å². The van der Waals surface area contributed by atoms with Crippen molar-refractivity contribution in [3.05, 3.63) is 87.7 Å². The number of hydrogen-bond acceptors (Lipinski definition) is 17. The van der Waals surface area contributed by atoms with Gasteiger partial charge in [-0.1, -0.05) is 100 Å². The molecule has 26 nitrogen and oxygen atoms in total. The Morgan fingerprint density at radius 2 is 1.00 bits per heavy atom. The van der Waals surface area contributed by atoms with Crippen molar-refractivity contribution in [3.63, 3.8) is 0 Å². The topological polar surface area (TPSA) is 350 Å². The predicted octanol–water partition coefficient (Wildman–Crippen LogP) is 15.6. The Kier molecular flexibility index (Phi) is 32.7. The molecular weight excluding hydrogens is 1530 g/mol. The third-order valence-corrected chi connectivity index (χ3v) is 22.2. The van der Waals surface area contributed by atoms with Crippen molar-refractivity contribution >= 4 is 93.4 Å². The van der Waals surface area contributed by atoms with Gasteiger partial charge in [0.25, 0.3) is 0 Å². The first kappa shape index (κ1) is 89.3. The number of ketones is 3. The molecule has 109 heavy (non-hydrogen) atoms. The summed E-state index contributed by atoms with van der Waals surface area (Å²) in [7, 11) is 0. The largest absolute Gasteiger partial charge is 0.481 e. The van der Waals surface area contributed by atoms with E-state index in [-0.39, 0.29) is 81.5 Å². The zero-order chi connectivity index (χ0) is 81.6. The summed E-state index contributed by atoms with van der Waals surface area (Å²) in [4.78, 5) is 113. The number of nitrogens with one attached hydrogen (secondary N) is 3. The van der Waals surface area contributed by atoms with Gasteiger partial charge >= 0.3 is 30.3 Å². The lowest BCUT2D eigenvalue weighted by Gasteiger charge is -2.41. The van der Waals surface area contributed by atoms with E-state index in [9.17, 15) is 43.2 Å². The number of fused-ring (bicyclic) bond motifs is 2. The highest BCUT2D eigenvalue weighted by Gasteiger charge is 2.48. The number of aromatic amines is 2. The Bertz CT molecular complexity index is 3690. The number of amides is 5. The molecule has 608 valence electrons. The Morgan fingerprint density at radius 3 is 1.39 bits per heavy atom. The van der Waals surface area contributed by atoms with Gasteiger partial charge in [0.15, 0.2) is 5.78 Å². The highest BCUT2D eigenvalue weighted by Crippen LogP contribution is 2.48. The molecule has 8 heterocycles. The van der Waals surface area contributed by atoms with Gasteiger partial charge in [0.1, 0.15) is 28.4 Å². The second-order valence-electron chi connectivity index (χ2n) is 34.5. The molecule has 28 heteroatoms. The number of rotatable bonds is 7. The van der Waals surface area contributed by atoms with Gasteiger partial charge < -0.3 is 49.0 Å². The Morgan fingerprint density at radius 1 is 0.587 bits per heavy atom. The first-order valence-electron chi connectivity index (χ1n) is 39.5. The Balaban J connectivity index is 0.000000206. The second kappa shape index (κ2) is 40.0. The molecule has 1 aromatic carbocycles. The normalized spacial score (nSPS) is 20.6. The monoisotopic (exact) mass is 1650 g/mol. The van der Waals surface area contributed by atoms with E-state index in [1.807, 2.05) is 113 Å². The number of Topliss-reactive ketones (excluding diaryl/α,β-unsaturated/α-hetero) is 3. The molecule has 8 N–H and O–H groups in total. The SMILES string of the molecule is C1CCOC1.CC(C)(C)OC(=O)N1CCC(=O)C(C(=O)C2(C)CCC2)C1.CC(C)(C)OC(=O)N1CCC(=O)CC1.CC(C)(C)OC(=O)N1CCc2[nH]nc(C3(C)CCC3)c2C1.CC1(C(=O)O)CCC1.CC1(C(=O)n2cccc2)CCC1.CC1(c2n[nH]c3c2CN(C(=O)Nc2cccc(Cl)c2)CC3)CCC1.NN.[2H]CI. The summed E-state index contributed by atoms with van der Waals surface area (Å²) in [6.45, 7) is 33.1. The molecule has 0 radical (unpaired) electrons. The van der Waals surface area contributed by atoms with E-state index >= 15 is 0 Å². The molecule has 5 amide bonds. The Hall–Kier alpha value is -6.95. The molecular formula is C81H126ClIN12O14. The van der Waals surface area contributed by atoms with E-state index in [2.05, 4.69) is 58.2 Å². The molecule has 3 aromatic heterocycles. The number of nitrogens with zero attached hydrogens (tertiary/aromatic N) is 7. The minimum Gasteiger partial charge on any atom is -0.481 e. The number of aliphatic carboxylic acids is 1. The lowest BCUT2D eigenvalue weighted by molar-refractivity contribution is -0.152. The standard InChI is InChI=1S/C18H21ClN4O.C16H25N3O2.C16H25NO4.C10H17NO3.C10H13NO.C6H10O2.C4H8O.CH3I.H4N2/c1-18(7-3-8-18)16-14-11-23(9-6-15(14)21-22-16)17(24)20-13-5-2-4-12(19)10-13;1-15(2,3)21-14(20)19-9-6-12-11(10-19)13(18-17-12)16(4)7-5-8-16;1-15(2,3)21-14(20)17-9-6-12(18)11(10-17)13(19)16(4)7-5-8-16;1-10(2,3)14-9(13)11-6-4-8(12)5-7-11;1-10(5-4-6-10)9(12)11-7-2-3-8-11;1-6(5(7)8)3-2-4-6;1-2-4-5-3-1;2*1-2/h2,4-5,10H,3,6-9,11H2,1H3,(H,20,24)(H,21,22);5-10H2,1-4H3,(H,17,18);11H,5-10H2,1-4H3;4-7H2,1-3H3;2-3,7-8H,4-6H2,1H3;2-4H2,1H3,(H,7,8);1-4H2;1H3;1-2H2/i;;;;;;;1D;. The van der Waals surface area contributed by atoms with Crippen LogP contribution >= 0.6 is 34.2 Å². The van der Waals surface area contributed by atoms with Crippen LogP contribution in [0.4, 0.5) is 24.9 Å². The van der Waals surface area contributed by atoms with Crippen LogP contribution in [0.2, 0.25) is 5.02 Å². The lowest BCUT2D eigenvalue weighted by Crippen LogP contribution is -2.52. The van der Waals surface area contributed by atoms with Crippen molar-refractivity contribution in [1.29, 1.82) is 0 Å². The molecule has 1 atom stereocenters. The highest BCUT2D eigenvalue weighted by molar-refractivity contribution is 14.1. The summed E-state index contributed by atoms with van der Waals surface area (Å²) in [5.41, 5.74) is 5.94. The van der Waals surface area contributed by atoms with Crippen LogP contribution in [0.3, 0.4) is 0 Å². The fourth-order valence-electron chi connectivity index (χ4n) is 14.2. The average molecular weight is 1660 g/mol. The molecule has 14 rings (SSSR count). The number of piperidine rings is 2. The van der Waals surface area contributed by atoms with Crippen LogP contribution in [0.1, 0.15) is 265 Å². The van der Waals surface area contributed by atoms with Gasteiger partial charge in [-0.25, -0.2) is 19.2 Å². The van der Waals surface area contributed by atoms with E-state index in [1.54, 1.807) is 54.2 Å². The van der Waals surface area contributed by atoms with Gasteiger partial charge in [-0.3, -0.25) is 50.4 Å². The smallest absolute Gasteiger partial charge is 0.410 e.